The fourth-order valence-electron chi connectivity index (χ4n) is 2.00. The molecule has 80 valence electrons. The Hall–Kier alpha value is -1.38. The van der Waals surface area contributed by atoms with Crippen LogP contribution in [0.4, 0.5) is 0 Å². The maximum absolute atomic E-state index is 12.1. The van der Waals surface area contributed by atoms with E-state index < -0.39 is 0 Å². The Morgan fingerprint density at radius 3 is 2.87 bits per heavy atom. The van der Waals surface area contributed by atoms with Crippen molar-refractivity contribution in [2.75, 3.05) is 6.54 Å². The lowest BCUT2D eigenvalue weighted by Crippen LogP contribution is -2.33. The SMILES string of the molecule is Cc1ccc(C(=O)N2CCC[C@@H]2C)cn1. The molecule has 0 bridgehead atoms. The van der Waals surface area contributed by atoms with E-state index in [0.29, 0.717) is 11.6 Å². The molecular weight excluding hydrogens is 188 g/mol. The van der Waals surface area contributed by atoms with E-state index in [9.17, 15) is 4.79 Å². The van der Waals surface area contributed by atoms with Gasteiger partial charge in [0.1, 0.15) is 0 Å². The number of rotatable bonds is 1. The Morgan fingerprint density at radius 1 is 1.53 bits per heavy atom. The third kappa shape index (κ3) is 2.01. The van der Waals surface area contributed by atoms with Crippen LogP contribution in [0.2, 0.25) is 0 Å². The lowest BCUT2D eigenvalue weighted by molar-refractivity contribution is 0.0747. The molecule has 2 heterocycles. The molecule has 1 atom stereocenters. The number of pyridine rings is 1. The van der Waals surface area contributed by atoms with Crippen molar-refractivity contribution in [1.82, 2.24) is 9.88 Å². The van der Waals surface area contributed by atoms with E-state index in [1.165, 1.54) is 0 Å². The average Bonchev–Trinajstić information content (AvgIpc) is 2.65. The molecule has 1 aromatic heterocycles. The van der Waals surface area contributed by atoms with Gasteiger partial charge in [0.25, 0.3) is 5.91 Å². The van der Waals surface area contributed by atoms with Gasteiger partial charge in [0.15, 0.2) is 0 Å². The maximum Gasteiger partial charge on any atom is 0.255 e. The predicted molar refractivity (Wildman–Crippen MR) is 58.7 cm³/mol. The largest absolute Gasteiger partial charge is 0.336 e. The fourth-order valence-corrected chi connectivity index (χ4v) is 2.00. The van der Waals surface area contributed by atoms with Gasteiger partial charge in [-0.3, -0.25) is 9.78 Å². The smallest absolute Gasteiger partial charge is 0.255 e. The van der Waals surface area contributed by atoms with Gasteiger partial charge in [-0.15, -0.1) is 0 Å². The molecule has 1 aromatic rings. The number of carbonyl (C=O) groups excluding carboxylic acids is 1. The van der Waals surface area contributed by atoms with Crippen LogP contribution in [0.25, 0.3) is 0 Å². The predicted octanol–water partition coefficient (Wildman–Crippen LogP) is 2.01. The third-order valence-corrected chi connectivity index (χ3v) is 2.97. The summed E-state index contributed by atoms with van der Waals surface area (Å²) in [5.41, 5.74) is 1.65. The number of amides is 1. The monoisotopic (exact) mass is 204 g/mol. The summed E-state index contributed by atoms with van der Waals surface area (Å²) in [7, 11) is 0. The van der Waals surface area contributed by atoms with Crippen molar-refractivity contribution in [3.8, 4) is 0 Å². The van der Waals surface area contributed by atoms with E-state index in [0.717, 1.165) is 25.1 Å². The first kappa shape index (κ1) is 10.1. The highest BCUT2D eigenvalue weighted by molar-refractivity contribution is 5.94. The van der Waals surface area contributed by atoms with Crippen molar-refractivity contribution in [2.45, 2.75) is 32.7 Å². The molecule has 0 spiro atoms. The van der Waals surface area contributed by atoms with Crippen LogP contribution in [-0.4, -0.2) is 28.4 Å². The first-order chi connectivity index (χ1) is 7.18. The van der Waals surface area contributed by atoms with Gasteiger partial charge in [0, 0.05) is 24.5 Å². The zero-order valence-corrected chi connectivity index (χ0v) is 9.23. The molecule has 0 radical (unpaired) electrons. The second-order valence-electron chi connectivity index (χ2n) is 4.18. The van der Waals surface area contributed by atoms with E-state index in [4.69, 9.17) is 0 Å². The molecule has 1 amide bonds. The lowest BCUT2D eigenvalue weighted by Gasteiger charge is -2.21. The first-order valence-electron chi connectivity index (χ1n) is 5.42. The van der Waals surface area contributed by atoms with Crippen molar-refractivity contribution in [1.29, 1.82) is 0 Å². The number of likely N-dealkylation sites (tertiary alicyclic amines) is 1. The quantitative estimate of drug-likeness (QED) is 0.701. The summed E-state index contributed by atoms with van der Waals surface area (Å²) in [6, 6.07) is 4.11. The zero-order valence-electron chi connectivity index (χ0n) is 9.23. The molecule has 3 nitrogen and oxygen atoms in total. The number of aromatic nitrogens is 1. The third-order valence-electron chi connectivity index (χ3n) is 2.97. The summed E-state index contributed by atoms with van der Waals surface area (Å²) in [6.45, 7) is 4.91. The van der Waals surface area contributed by atoms with E-state index in [-0.39, 0.29) is 5.91 Å². The molecule has 1 aliphatic rings. The second-order valence-corrected chi connectivity index (χ2v) is 4.18. The van der Waals surface area contributed by atoms with E-state index in [1.807, 2.05) is 24.0 Å². The number of nitrogens with zero attached hydrogens (tertiary/aromatic N) is 2. The second kappa shape index (κ2) is 4.01. The Morgan fingerprint density at radius 2 is 2.33 bits per heavy atom. The summed E-state index contributed by atoms with van der Waals surface area (Å²) in [5, 5.41) is 0. The number of hydrogen-bond acceptors (Lipinski definition) is 2. The van der Waals surface area contributed by atoms with Crippen molar-refractivity contribution in [2.24, 2.45) is 0 Å². The standard InChI is InChI=1S/C12H16N2O/c1-9-5-6-11(8-13-9)12(15)14-7-3-4-10(14)2/h5-6,8,10H,3-4,7H2,1-2H3/t10-/m0/s1. The minimum Gasteiger partial charge on any atom is -0.336 e. The van der Waals surface area contributed by atoms with Gasteiger partial charge in [0.05, 0.1) is 5.56 Å². The van der Waals surface area contributed by atoms with Gasteiger partial charge < -0.3 is 4.90 Å². The highest BCUT2D eigenvalue weighted by Gasteiger charge is 2.25. The number of aryl methyl sites for hydroxylation is 1. The summed E-state index contributed by atoms with van der Waals surface area (Å²) in [4.78, 5) is 18.1. The Labute approximate surface area is 90.1 Å². The molecular formula is C12H16N2O. The van der Waals surface area contributed by atoms with Crippen molar-refractivity contribution >= 4 is 5.91 Å². The van der Waals surface area contributed by atoms with Gasteiger partial charge in [-0.05, 0) is 38.8 Å². The highest BCUT2D eigenvalue weighted by Crippen LogP contribution is 2.19. The summed E-state index contributed by atoms with van der Waals surface area (Å²) in [6.07, 6.45) is 3.90. The van der Waals surface area contributed by atoms with E-state index >= 15 is 0 Å². The molecule has 1 saturated heterocycles. The fraction of sp³-hybridized carbons (Fsp3) is 0.500. The van der Waals surface area contributed by atoms with Crippen LogP contribution in [0.5, 0.6) is 0 Å². The summed E-state index contributed by atoms with van der Waals surface area (Å²) < 4.78 is 0. The van der Waals surface area contributed by atoms with Crippen LogP contribution in [0.15, 0.2) is 18.3 Å². The Bertz CT molecular complexity index is 358. The summed E-state index contributed by atoms with van der Waals surface area (Å²) >= 11 is 0. The number of hydrogen-bond donors (Lipinski definition) is 0. The first-order valence-corrected chi connectivity index (χ1v) is 5.42. The molecule has 1 aliphatic heterocycles. The molecule has 1 fully saturated rings. The highest BCUT2D eigenvalue weighted by atomic mass is 16.2. The van der Waals surface area contributed by atoms with Gasteiger partial charge in [-0.25, -0.2) is 0 Å². The van der Waals surface area contributed by atoms with Crippen LogP contribution in [0.3, 0.4) is 0 Å². The number of carbonyl (C=O) groups is 1. The van der Waals surface area contributed by atoms with Crippen molar-refractivity contribution < 1.29 is 4.79 Å². The topological polar surface area (TPSA) is 33.2 Å². The van der Waals surface area contributed by atoms with Crippen molar-refractivity contribution in [3.63, 3.8) is 0 Å². The lowest BCUT2D eigenvalue weighted by atomic mass is 10.2. The average molecular weight is 204 g/mol. The Kier molecular flexibility index (Phi) is 2.71. The molecule has 15 heavy (non-hydrogen) atoms. The molecule has 0 aliphatic carbocycles. The molecule has 0 unspecified atom stereocenters. The van der Waals surface area contributed by atoms with Crippen LogP contribution in [-0.2, 0) is 0 Å². The van der Waals surface area contributed by atoms with Gasteiger partial charge in [-0.1, -0.05) is 0 Å². The minimum atomic E-state index is 0.118. The molecule has 0 saturated carbocycles. The maximum atomic E-state index is 12.1. The van der Waals surface area contributed by atoms with Gasteiger partial charge >= 0.3 is 0 Å². The van der Waals surface area contributed by atoms with E-state index in [2.05, 4.69) is 11.9 Å². The van der Waals surface area contributed by atoms with Crippen LogP contribution >= 0.6 is 0 Å². The van der Waals surface area contributed by atoms with Crippen LogP contribution in [0.1, 0.15) is 35.8 Å². The molecule has 0 N–H and O–H groups in total. The van der Waals surface area contributed by atoms with Gasteiger partial charge in [0.2, 0.25) is 0 Å². The molecule has 0 aromatic carbocycles. The molecule has 3 heteroatoms. The molecule has 2 rings (SSSR count). The Balaban J connectivity index is 2.17. The normalized spacial score (nSPS) is 20.7. The van der Waals surface area contributed by atoms with Crippen molar-refractivity contribution in [3.05, 3.63) is 29.6 Å². The minimum absolute atomic E-state index is 0.118. The van der Waals surface area contributed by atoms with E-state index in [1.54, 1.807) is 6.20 Å². The van der Waals surface area contributed by atoms with Crippen LogP contribution < -0.4 is 0 Å². The summed E-state index contributed by atoms with van der Waals surface area (Å²) in [5.74, 6) is 0.118. The van der Waals surface area contributed by atoms with Crippen LogP contribution in [0, 0.1) is 6.92 Å². The van der Waals surface area contributed by atoms with Gasteiger partial charge in [-0.2, -0.15) is 0 Å². The zero-order chi connectivity index (χ0) is 10.8.